The van der Waals surface area contributed by atoms with Crippen molar-refractivity contribution in [1.82, 2.24) is 19.8 Å². The van der Waals surface area contributed by atoms with Gasteiger partial charge >= 0.3 is 0 Å². The lowest BCUT2D eigenvalue weighted by molar-refractivity contribution is -0.122. The Morgan fingerprint density at radius 2 is 1.50 bits per heavy atom. The number of carbonyl (C=O) groups is 1. The number of aromatic nitrogens is 2. The molecule has 3 aromatic carbocycles. The third kappa shape index (κ3) is 5.78. The molecule has 34 heavy (non-hydrogen) atoms. The van der Waals surface area contributed by atoms with Gasteiger partial charge in [0.15, 0.2) is 0 Å². The van der Waals surface area contributed by atoms with Gasteiger partial charge in [0, 0.05) is 23.9 Å². The molecule has 0 unspecified atom stereocenters. The fourth-order valence-corrected chi connectivity index (χ4v) is 4.80. The predicted molar refractivity (Wildman–Crippen MR) is 131 cm³/mol. The highest BCUT2D eigenvalue weighted by Gasteiger charge is 2.22. The van der Waals surface area contributed by atoms with Crippen LogP contribution in [0.1, 0.15) is 18.1 Å². The number of amides is 1. The Kier molecular flexibility index (Phi) is 7.20. The Bertz CT molecular complexity index is 1340. The summed E-state index contributed by atoms with van der Waals surface area (Å²) in [5.74, 6) is -0.422. The maximum Gasteiger partial charge on any atom is 0.241 e. The van der Waals surface area contributed by atoms with Gasteiger partial charge in [0.25, 0.3) is 0 Å². The molecule has 0 saturated carbocycles. The molecule has 174 valence electrons. The maximum atomic E-state index is 12.7. The predicted octanol–water partition coefficient (Wildman–Crippen LogP) is 3.58. The standard InChI is InChI=1S/C26H26N4O3S/c1-20(29-34(32,33)24-15-9-4-10-16-24)26(31)27-17-23-19-30(18-21-11-5-2-6-12-21)28-25(23)22-13-7-3-8-14-22/h2-16,19-20,29H,17-18H2,1H3,(H,27,31)/t20-/m0/s1. The number of benzene rings is 3. The first-order valence-corrected chi connectivity index (χ1v) is 12.4. The van der Waals surface area contributed by atoms with E-state index in [0.29, 0.717) is 6.54 Å². The summed E-state index contributed by atoms with van der Waals surface area (Å²) in [6.07, 6.45) is 1.91. The Labute approximate surface area is 199 Å². The SMILES string of the molecule is C[C@H](NS(=O)(=O)c1ccccc1)C(=O)NCc1cn(Cc2ccccc2)nc1-c1ccccc1. The number of carbonyl (C=O) groups excluding carboxylic acids is 1. The van der Waals surface area contributed by atoms with Crippen LogP contribution in [0.5, 0.6) is 0 Å². The fraction of sp³-hybridized carbons (Fsp3) is 0.154. The van der Waals surface area contributed by atoms with Gasteiger partial charge in [0.05, 0.1) is 23.2 Å². The van der Waals surface area contributed by atoms with Crippen molar-refractivity contribution in [3.63, 3.8) is 0 Å². The first kappa shape index (κ1) is 23.4. The van der Waals surface area contributed by atoms with Crippen molar-refractivity contribution in [3.8, 4) is 11.3 Å². The van der Waals surface area contributed by atoms with Crippen LogP contribution in [0, 0.1) is 0 Å². The van der Waals surface area contributed by atoms with Gasteiger partial charge in [0.1, 0.15) is 0 Å². The second kappa shape index (κ2) is 10.5. The molecule has 1 amide bonds. The normalized spacial score (nSPS) is 12.3. The molecular weight excluding hydrogens is 448 g/mol. The summed E-state index contributed by atoms with van der Waals surface area (Å²) in [5.41, 5.74) is 3.67. The van der Waals surface area contributed by atoms with Crippen LogP contribution in [0.15, 0.2) is 102 Å². The average molecular weight is 475 g/mol. The van der Waals surface area contributed by atoms with Gasteiger partial charge in [0.2, 0.25) is 15.9 Å². The largest absolute Gasteiger partial charge is 0.351 e. The van der Waals surface area contributed by atoms with E-state index in [-0.39, 0.29) is 11.4 Å². The minimum Gasteiger partial charge on any atom is -0.351 e. The molecule has 4 aromatic rings. The third-order valence-corrected chi connectivity index (χ3v) is 6.86. The highest BCUT2D eigenvalue weighted by molar-refractivity contribution is 7.89. The van der Waals surface area contributed by atoms with Crippen LogP contribution in [0.25, 0.3) is 11.3 Å². The van der Waals surface area contributed by atoms with Gasteiger partial charge in [-0.1, -0.05) is 78.9 Å². The van der Waals surface area contributed by atoms with Gasteiger partial charge < -0.3 is 5.32 Å². The van der Waals surface area contributed by atoms with E-state index in [1.165, 1.54) is 19.1 Å². The third-order valence-electron chi connectivity index (χ3n) is 5.30. The molecule has 0 spiro atoms. The summed E-state index contributed by atoms with van der Waals surface area (Å²) in [6.45, 7) is 2.34. The summed E-state index contributed by atoms with van der Waals surface area (Å²) >= 11 is 0. The number of hydrogen-bond acceptors (Lipinski definition) is 4. The second-order valence-corrected chi connectivity index (χ2v) is 9.64. The molecule has 1 heterocycles. The monoisotopic (exact) mass is 474 g/mol. The molecule has 4 rings (SSSR count). The first-order valence-electron chi connectivity index (χ1n) is 10.9. The zero-order valence-corrected chi connectivity index (χ0v) is 19.6. The van der Waals surface area contributed by atoms with Gasteiger partial charge in [-0.05, 0) is 24.6 Å². The van der Waals surface area contributed by atoms with Crippen LogP contribution >= 0.6 is 0 Å². The smallest absolute Gasteiger partial charge is 0.241 e. The number of nitrogens with one attached hydrogen (secondary N) is 2. The number of nitrogens with zero attached hydrogens (tertiary/aromatic N) is 2. The Morgan fingerprint density at radius 1 is 0.912 bits per heavy atom. The summed E-state index contributed by atoms with van der Waals surface area (Å²) < 4.78 is 29.3. The van der Waals surface area contributed by atoms with E-state index in [9.17, 15) is 13.2 Å². The Hall–Kier alpha value is -3.75. The van der Waals surface area contributed by atoms with Gasteiger partial charge in [-0.2, -0.15) is 9.82 Å². The van der Waals surface area contributed by atoms with Crippen LogP contribution in [0.3, 0.4) is 0 Å². The van der Waals surface area contributed by atoms with Crippen molar-refractivity contribution >= 4 is 15.9 Å². The summed E-state index contributed by atoms with van der Waals surface area (Å²) in [5, 5.41) is 7.59. The maximum absolute atomic E-state index is 12.7. The van der Waals surface area contributed by atoms with Crippen molar-refractivity contribution in [1.29, 1.82) is 0 Å². The topological polar surface area (TPSA) is 93.1 Å². The summed E-state index contributed by atoms with van der Waals surface area (Å²) in [7, 11) is -3.80. The molecule has 0 aliphatic carbocycles. The van der Waals surface area contributed by atoms with Crippen molar-refractivity contribution in [3.05, 3.63) is 108 Å². The van der Waals surface area contributed by atoms with Crippen LogP contribution in [-0.4, -0.2) is 30.1 Å². The van der Waals surface area contributed by atoms with E-state index in [0.717, 1.165) is 22.4 Å². The van der Waals surface area contributed by atoms with E-state index in [1.54, 1.807) is 18.2 Å². The molecule has 0 aliphatic heterocycles. The fourth-order valence-electron chi connectivity index (χ4n) is 3.57. The minimum atomic E-state index is -3.80. The molecular formula is C26H26N4O3S. The summed E-state index contributed by atoms with van der Waals surface area (Å²) in [4.78, 5) is 12.8. The van der Waals surface area contributed by atoms with E-state index in [4.69, 9.17) is 5.10 Å². The molecule has 1 atom stereocenters. The first-order chi connectivity index (χ1) is 16.4. The average Bonchev–Trinajstić information content (AvgIpc) is 3.26. The van der Waals surface area contributed by atoms with Crippen molar-refractivity contribution in [2.75, 3.05) is 0 Å². The molecule has 0 radical (unpaired) electrons. The van der Waals surface area contributed by atoms with Crippen molar-refractivity contribution in [2.45, 2.75) is 31.0 Å². The van der Waals surface area contributed by atoms with E-state index < -0.39 is 22.0 Å². The zero-order valence-electron chi connectivity index (χ0n) is 18.8. The van der Waals surface area contributed by atoms with E-state index in [2.05, 4.69) is 10.0 Å². The number of sulfonamides is 1. The van der Waals surface area contributed by atoms with Crippen LogP contribution in [-0.2, 0) is 27.9 Å². The number of rotatable bonds is 9. The lowest BCUT2D eigenvalue weighted by atomic mass is 10.1. The molecule has 0 saturated heterocycles. The summed E-state index contributed by atoms with van der Waals surface area (Å²) in [6, 6.07) is 26.8. The van der Waals surface area contributed by atoms with Crippen LogP contribution < -0.4 is 10.0 Å². The van der Waals surface area contributed by atoms with Gasteiger partial charge in [-0.25, -0.2) is 8.42 Å². The number of hydrogen-bond donors (Lipinski definition) is 2. The van der Waals surface area contributed by atoms with E-state index >= 15 is 0 Å². The van der Waals surface area contributed by atoms with Crippen LogP contribution in [0.2, 0.25) is 0 Å². The molecule has 0 aliphatic rings. The van der Waals surface area contributed by atoms with Crippen LogP contribution in [0.4, 0.5) is 0 Å². The molecule has 8 heteroatoms. The molecule has 7 nitrogen and oxygen atoms in total. The molecule has 0 bridgehead atoms. The molecule has 2 N–H and O–H groups in total. The van der Waals surface area contributed by atoms with Gasteiger partial charge in [-0.3, -0.25) is 9.48 Å². The highest BCUT2D eigenvalue weighted by atomic mass is 32.2. The molecule has 1 aromatic heterocycles. The zero-order chi connectivity index (χ0) is 24.0. The Morgan fingerprint density at radius 3 is 2.15 bits per heavy atom. The highest BCUT2D eigenvalue weighted by Crippen LogP contribution is 2.22. The van der Waals surface area contributed by atoms with Crippen molar-refractivity contribution < 1.29 is 13.2 Å². The minimum absolute atomic E-state index is 0.114. The second-order valence-electron chi connectivity index (χ2n) is 7.93. The quantitative estimate of drug-likeness (QED) is 0.388. The van der Waals surface area contributed by atoms with Crippen molar-refractivity contribution in [2.24, 2.45) is 0 Å². The lowest BCUT2D eigenvalue weighted by Gasteiger charge is -2.14. The molecule has 0 fully saturated rings. The lowest BCUT2D eigenvalue weighted by Crippen LogP contribution is -2.44. The Balaban J connectivity index is 1.48. The van der Waals surface area contributed by atoms with E-state index in [1.807, 2.05) is 71.5 Å². The van der Waals surface area contributed by atoms with Gasteiger partial charge in [-0.15, -0.1) is 0 Å².